The quantitative estimate of drug-likeness (QED) is 0.891. The number of ether oxygens (including phenoxy) is 1. The van der Waals surface area contributed by atoms with Crippen LogP contribution in [-0.2, 0) is 5.41 Å². The van der Waals surface area contributed by atoms with Gasteiger partial charge in [-0.2, -0.15) is 5.10 Å². The number of rotatable bonds is 5. The van der Waals surface area contributed by atoms with E-state index in [1.54, 1.807) is 7.11 Å². The van der Waals surface area contributed by atoms with E-state index in [-0.39, 0.29) is 16.0 Å². The van der Waals surface area contributed by atoms with Gasteiger partial charge in [-0.1, -0.05) is 29.8 Å². The molecule has 1 aromatic heterocycles. The second-order valence-corrected chi connectivity index (χ2v) is 5.64. The number of hydrogen-bond donors (Lipinski definition) is 2. The number of para-hydroxylation sites is 1. The number of aromatic amines is 1. The summed E-state index contributed by atoms with van der Waals surface area (Å²) in [5.74, 6) is 0.895. The SMILES string of the molecule is COc1ccccc1C1(CNc2cn[nH]c(=O)c2Cl)CC1. The summed E-state index contributed by atoms with van der Waals surface area (Å²) in [5.41, 5.74) is 1.40. The third-order valence-corrected chi connectivity index (χ3v) is 4.32. The predicted molar refractivity (Wildman–Crippen MR) is 82.3 cm³/mol. The van der Waals surface area contributed by atoms with Gasteiger partial charge in [0.1, 0.15) is 10.8 Å². The van der Waals surface area contributed by atoms with Gasteiger partial charge in [-0.25, -0.2) is 5.10 Å². The van der Waals surface area contributed by atoms with Crippen molar-refractivity contribution in [3.05, 3.63) is 51.4 Å². The van der Waals surface area contributed by atoms with Gasteiger partial charge >= 0.3 is 0 Å². The molecule has 1 aliphatic rings. The lowest BCUT2D eigenvalue weighted by molar-refractivity contribution is 0.404. The Kier molecular flexibility index (Phi) is 3.59. The second kappa shape index (κ2) is 5.41. The van der Waals surface area contributed by atoms with Crippen LogP contribution in [0.2, 0.25) is 5.02 Å². The minimum atomic E-state index is -0.385. The molecule has 0 bridgehead atoms. The summed E-state index contributed by atoms with van der Waals surface area (Å²) in [7, 11) is 1.68. The van der Waals surface area contributed by atoms with E-state index in [4.69, 9.17) is 16.3 Å². The van der Waals surface area contributed by atoms with Gasteiger partial charge in [0.25, 0.3) is 5.56 Å². The van der Waals surface area contributed by atoms with Crippen LogP contribution >= 0.6 is 11.6 Å². The number of H-pyrrole nitrogens is 1. The van der Waals surface area contributed by atoms with E-state index in [2.05, 4.69) is 21.6 Å². The Hall–Kier alpha value is -2.01. The van der Waals surface area contributed by atoms with E-state index in [1.807, 2.05) is 18.2 Å². The van der Waals surface area contributed by atoms with Crippen LogP contribution in [0.4, 0.5) is 5.69 Å². The van der Waals surface area contributed by atoms with Gasteiger partial charge in [-0.3, -0.25) is 4.79 Å². The highest BCUT2D eigenvalue weighted by molar-refractivity contribution is 6.32. The predicted octanol–water partition coefficient (Wildman–Crippen LogP) is 2.58. The Morgan fingerprint density at radius 3 is 2.90 bits per heavy atom. The molecule has 110 valence electrons. The number of nitrogens with one attached hydrogen (secondary N) is 2. The number of anilines is 1. The number of methoxy groups -OCH3 is 1. The molecule has 0 aliphatic heterocycles. The number of hydrogen-bond acceptors (Lipinski definition) is 4. The highest BCUT2D eigenvalue weighted by Gasteiger charge is 2.45. The topological polar surface area (TPSA) is 67.0 Å². The van der Waals surface area contributed by atoms with Crippen molar-refractivity contribution in [3.8, 4) is 5.75 Å². The first-order chi connectivity index (χ1) is 10.2. The number of benzene rings is 1. The smallest absolute Gasteiger partial charge is 0.285 e. The minimum absolute atomic E-state index is 0.0402. The molecule has 0 spiro atoms. The molecule has 5 nitrogen and oxygen atoms in total. The van der Waals surface area contributed by atoms with Gasteiger partial charge in [-0.15, -0.1) is 0 Å². The molecule has 0 radical (unpaired) electrons. The number of halogens is 1. The molecular formula is C15H16ClN3O2. The van der Waals surface area contributed by atoms with E-state index < -0.39 is 0 Å². The zero-order valence-electron chi connectivity index (χ0n) is 11.6. The highest BCUT2D eigenvalue weighted by atomic mass is 35.5. The lowest BCUT2D eigenvalue weighted by atomic mass is 9.95. The first kappa shape index (κ1) is 13.9. The molecule has 1 fully saturated rings. The number of aromatic nitrogens is 2. The lowest BCUT2D eigenvalue weighted by Gasteiger charge is -2.20. The van der Waals surface area contributed by atoms with Crippen molar-refractivity contribution < 1.29 is 4.74 Å². The van der Waals surface area contributed by atoms with Gasteiger partial charge < -0.3 is 10.1 Å². The molecule has 1 aromatic carbocycles. The largest absolute Gasteiger partial charge is 0.496 e. The van der Waals surface area contributed by atoms with Crippen molar-refractivity contribution in [1.82, 2.24) is 10.2 Å². The maximum atomic E-state index is 11.4. The minimum Gasteiger partial charge on any atom is -0.496 e. The van der Waals surface area contributed by atoms with Gasteiger partial charge in [0.05, 0.1) is 19.0 Å². The molecule has 0 saturated heterocycles. The molecule has 2 aromatic rings. The molecule has 0 atom stereocenters. The Bertz CT molecular complexity index is 710. The Labute approximate surface area is 127 Å². The van der Waals surface area contributed by atoms with Crippen molar-refractivity contribution in [2.45, 2.75) is 18.3 Å². The maximum Gasteiger partial charge on any atom is 0.285 e. The van der Waals surface area contributed by atoms with Gasteiger partial charge in [0, 0.05) is 17.5 Å². The third-order valence-electron chi connectivity index (χ3n) is 3.94. The summed E-state index contributed by atoms with van der Waals surface area (Å²) in [6, 6.07) is 8.03. The monoisotopic (exact) mass is 305 g/mol. The summed E-state index contributed by atoms with van der Waals surface area (Å²) in [4.78, 5) is 11.4. The van der Waals surface area contributed by atoms with Crippen LogP contribution < -0.4 is 15.6 Å². The molecule has 0 amide bonds. The maximum absolute atomic E-state index is 11.4. The van der Waals surface area contributed by atoms with E-state index in [0.29, 0.717) is 12.2 Å². The van der Waals surface area contributed by atoms with Crippen LogP contribution in [0, 0.1) is 0 Å². The highest BCUT2D eigenvalue weighted by Crippen LogP contribution is 2.51. The summed E-state index contributed by atoms with van der Waals surface area (Å²) < 4.78 is 5.45. The van der Waals surface area contributed by atoms with E-state index >= 15 is 0 Å². The van der Waals surface area contributed by atoms with Crippen LogP contribution in [0.25, 0.3) is 0 Å². The molecular weight excluding hydrogens is 290 g/mol. The average molecular weight is 306 g/mol. The normalized spacial score (nSPS) is 15.5. The summed E-state index contributed by atoms with van der Waals surface area (Å²) in [6.45, 7) is 0.693. The van der Waals surface area contributed by atoms with Crippen molar-refractivity contribution in [3.63, 3.8) is 0 Å². The fourth-order valence-corrected chi connectivity index (χ4v) is 2.70. The standard InChI is InChI=1S/C15H16ClN3O2/c1-21-12-5-3-2-4-10(12)15(6-7-15)9-17-11-8-18-19-14(20)13(11)16/h2-5,8H,6-7,9H2,1H3,(H2,17,19,20). The summed E-state index contributed by atoms with van der Waals surface area (Å²) >= 11 is 5.98. The van der Waals surface area contributed by atoms with Crippen molar-refractivity contribution in [2.75, 3.05) is 19.0 Å². The van der Waals surface area contributed by atoms with Crippen LogP contribution in [0.5, 0.6) is 5.75 Å². The van der Waals surface area contributed by atoms with Crippen molar-refractivity contribution in [1.29, 1.82) is 0 Å². The molecule has 6 heteroatoms. The first-order valence-corrected chi connectivity index (χ1v) is 7.15. The Morgan fingerprint density at radius 2 is 2.19 bits per heavy atom. The zero-order valence-corrected chi connectivity index (χ0v) is 12.4. The molecule has 3 rings (SSSR count). The van der Waals surface area contributed by atoms with Crippen LogP contribution in [0.3, 0.4) is 0 Å². The Morgan fingerprint density at radius 1 is 1.43 bits per heavy atom. The second-order valence-electron chi connectivity index (χ2n) is 5.26. The van der Waals surface area contributed by atoms with E-state index in [1.165, 1.54) is 11.8 Å². The van der Waals surface area contributed by atoms with Crippen molar-refractivity contribution in [2.24, 2.45) is 0 Å². The third kappa shape index (κ3) is 2.61. The van der Waals surface area contributed by atoms with E-state index in [0.717, 1.165) is 18.6 Å². The van der Waals surface area contributed by atoms with Gasteiger partial charge in [0.2, 0.25) is 0 Å². The van der Waals surface area contributed by atoms with Crippen LogP contribution in [0.1, 0.15) is 18.4 Å². The summed E-state index contributed by atoms with van der Waals surface area (Å²) in [5, 5.41) is 9.44. The van der Waals surface area contributed by atoms with Crippen LogP contribution in [-0.4, -0.2) is 23.9 Å². The molecule has 0 unspecified atom stereocenters. The average Bonchev–Trinajstić information content (AvgIpc) is 3.30. The zero-order chi connectivity index (χ0) is 14.9. The van der Waals surface area contributed by atoms with Crippen molar-refractivity contribution >= 4 is 17.3 Å². The lowest BCUT2D eigenvalue weighted by Crippen LogP contribution is -2.22. The van der Waals surface area contributed by atoms with Gasteiger partial charge in [-0.05, 0) is 18.9 Å². The first-order valence-electron chi connectivity index (χ1n) is 6.77. The fourth-order valence-electron chi connectivity index (χ4n) is 2.55. The molecule has 1 saturated carbocycles. The summed E-state index contributed by atoms with van der Waals surface area (Å²) in [6.07, 6.45) is 3.69. The number of nitrogens with zero attached hydrogens (tertiary/aromatic N) is 1. The Balaban J connectivity index is 1.81. The molecule has 1 aliphatic carbocycles. The molecule has 1 heterocycles. The fraction of sp³-hybridized carbons (Fsp3) is 0.333. The van der Waals surface area contributed by atoms with Gasteiger partial charge in [0.15, 0.2) is 0 Å². The molecule has 21 heavy (non-hydrogen) atoms. The van der Waals surface area contributed by atoms with Crippen LogP contribution in [0.15, 0.2) is 35.3 Å². The van der Waals surface area contributed by atoms with E-state index in [9.17, 15) is 4.79 Å². The molecule has 2 N–H and O–H groups in total.